The molecule has 0 unspecified atom stereocenters. The fourth-order valence-corrected chi connectivity index (χ4v) is 2.14. The van der Waals surface area contributed by atoms with Gasteiger partial charge in [-0.15, -0.1) is 0 Å². The predicted molar refractivity (Wildman–Crippen MR) is 82.5 cm³/mol. The zero-order valence-electron chi connectivity index (χ0n) is 11.1. The Balaban J connectivity index is 2.40. The molecular formula is C14H14BrN3O2. The topological polar surface area (TPSA) is 88.2 Å². The zero-order valence-corrected chi connectivity index (χ0v) is 12.7. The summed E-state index contributed by atoms with van der Waals surface area (Å²) in [5.74, 6) is -0.734. The number of aromatic carboxylic acids is 1. The largest absolute Gasteiger partial charge is 0.478 e. The molecule has 0 aliphatic heterocycles. The van der Waals surface area contributed by atoms with Crippen molar-refractivity contribution in [2.45, 2.75) is 13.8 Å². The number of hydrogen-bond acceptors (Lipinski definition) is 4. The van der Waals surface area contributed by atoms with E-state index in [1.165, 1.54) is 12.3 Å². The molecule has 0 spiro atoms. The lowest BCUT2D eigenvalue weighted by Gasteiger charge is -2.12. The first-order valence-corrected chi connectivity index (χ1v) is 6.71. The van der Waals surface area contributed by atoms with Gasteiger partial charge in [0.2, 0.25) is 0 Å². The maximum atomic E-state index is 11.0. The highest BCUT2D eigenvalue weighted by molar-refractivity contribution is 9.10. The molecular weight excluding hydrogens is 322 g/mol. The average molecular weight is 336 g/mol. The Morgan fingerprint density at radius 2 is 1.95 bits per heavy atom. The molecule has 0 radical (unpaired) electrons. The number of pyridine rings is 1. The Bertz CT molecular complexity index is 663. The molecule has 0 saturated heterocycles. The van der Waals surface area contributed by atoms with E-state index in [1.54, 1.807) is 0 Å². The third kappa shape index (κ3) is 2.75. The van der Waals surface area contributed by atoms with E-state index in [0.29, 0.717) is 5.82 Å². The SMILES string of the molecule is Cc1cc(Nc2nccc(C(=O)O)c2N)cc(C)c1Br. The van der Waals surface area contributed by atoms with Gasteiger partial charge < -0.3 is 16.2 Å². The number of aryl methyl sites for hydroxylation is 2. The molecule has 4 N–H and O–H groups in total. The fourth-order valence-electron chi connectivity index (χ4n) is 1.91. The molecule has 5 nitrogen and oxygen atoms in total. The van der Waals surface area contributed by atoms with Crippen LogP contribution in [0.25, 0.3) is 0 Å². The summed E-state index contributed by atoms with van der Waals surface area (Å²) in [5, 5.41) is 12.1. The zero-order chi connectivity index (χ0) is 14.9. The van der Waals surface area contributed by atoms with Crippen molar-refractivity contribution in [1.82, 2.24) is 4.98 Å². The van der Waals surface area contributed by atoms with Crippen molar-refractivity contribution < 1.29 is 9.90 Å². The van der Waals surface area contributed by atoms with Crippen molar-refractivity contribution in [3.05, 3.63) is 45.6 Å². The summed E-state index contributed by atoms with van der Waals surface area (Å²) in [5.41, 5.74) is 8.93. The number of halogens is 1. The number of rotatable bonds is 3. The molecule has 2 rings (SSSR count). The summed E-state index contributed by atoms with van der Waals surface area (Å²) in [6.45, 7) is 3.96. The number of benzene rings is 1. The second-order valence-corrected chi connectivity index (χ2v) is 5.27. The first-order valence-electron chi connectivity index (χ1n) is 5.91. The van der Waals surface area contributed by atoms with Crippen molar-refractivity contribution in [3.8, 4) is 0 Å². The van der Waals surface area contributed by atoms with Crippen LogP contribution in [-0.2, 0) is 0 Å². The number of nitrogen functional groups attached to an aromatic ring is 1. The Labute approximate surface area is 125 Å². The monoisotopic (exact) mass is 335 g/mol. The van der Waals surface area contributed by atoms with Gasteiger partial charge >= 0.3 is 5.97 Å². The third-order valence-corrected chi connectivity index (χ3v) is 4.17. The van der Waals surface area contributed by atoms with Gasteiger partial charge in [-0.2, -0.15) is 0 Å². The van der Waals surface area contributed by atoms with E-state index in [1.807, 2.05) is 26.0 Å². The summed E-state index contributed by atoms with van der Waals surface area (Å²) in [6.07, 6.45) is 1.42. The van der Waals surface area contributed by atoms with E-state index >= 15 is 0 Å². The van der Waals surface area contributed by atoms with Crippen LogP contribution >= 0.6 is 15.9 Å². The minimum absolute atomic E-state index is 0.0352. The minimum Gasteiger partial charge on any atom is -0.478 e. The second-order valence-electron chi connectivity index (χ2n) is 4.47. The van der Waals surface area contributed by atoms with Crippen LogP contribution in [0.4, 0.5) is 17.2 Å². The molecule has 1 aromatic carbocycles. The number of nitrogens with two attached hydrogens (primary N) is 1. The van der Waals surface area contributed by atoms with E-state index in [0.717, 1.165) is 21.3 Å². The van der Waals surface area contributed by atoms with Crippen molar-refractivity contribution in [2.24, 2.45) is 0 Å². The Morgan fingerprint density at radius 3 is 2.50 bits per heavy atom. The smallest absolute Gasteiger partial charge is 0.337 e. The number of carbonyl (C=O) groups is 1. The lowest BCUT2D eigenvalue weighted by Crippen LogP contribution is -2.07. The van der Waals surface area contributed by atoms with Crippen LogP contribution in [0.15, 0.2) is 28.9 Å². The molecule has 0 aliphatic carbocycles. The molecule has 6 heteroatoms. The van der Waals surface area contributed by atoms with Crippen LogP contribution in [0.3, 0.4) is 0 Å². The normalized spacial score (nSPS) is 10.3. The van der Waals surface area contributed by atoms with Crippen LogP contribution in [0, 0.1) is 13.8 Å². The molecule has 0 atom stereocenters. The van der Waals surface area contributed by atoms with E-state index < -0.39 is 5.97 Å². The number of nitrogens with one attached hydrogen (secondary N) is 1. The van der Waals surface area contributed by atoms with E-state index in [-0.39, 0.29) is 11.3 Å². The quantitative estimate of drug-likeness (QED) is 0.799. The average Bonchev–Trinajstić information content (AvgIpc) is 2.38. The Kier molecular flexibility index (Phi) is 3.94. The van der Waals surface area contributed by atoms with Gasteiger partial charge in [0.25, 0.3) is 0 Å². The van der Waals surface area contributed by atoms with E-state index in [2.05, 4.69) is 26.2 Å². The number of hydrogen-bond donors (Lipinski definition) is 3. The molecule has 2 aromatic rings. The van der Waals surface area contributed by atoms with Crippen LogP contribution < -0.4 is 11.1 Å². The maximum Gasteiger partial charge on any atom is 0.337 e. The number of nitrogens with zero attached hydrogens (tertiary/aromatic N) is 1. The highest BCUT2D eigenvalue weighted by Crippen LogP contribution is 2.29. The van der Waals surface area contributed by atoms with Crippen LogP contribution in [-0.4, -0.2) is 16.1 Å². The van der Waals surface area contributed by atoms with Crippen LogP contribution in [0.1, 0.15) is 21.5 Å². The van der Waals surface area contributed by atoms with Crippen molar-refractivity contribution in [1.29, 1.82) is 0 Å². The number of anilines is 3. The summed E-state index contributed by atoms with van der Waals surface area (Å²) < 4.78 is 1.04. The molecule has 104 valence electrons. The summed E-state index contributed by atoms with van der Waals surface area (Å²) >= 11 is 3.50. The van der Waals surface area contributed by atoms with Gasteiger partial charge in [0, 0.05) is 16.4 Å². The first kappa shape index (κ1) is 14.3. The lowest BCUT2D eigenvalue weighted by atomic mass is 10.1. The Hall–Kier alpha value is -2.08. The number of carboxylic acid groups (broad SMARTS) is 1. The van der Waals surface area contributed by atoms with Crippen molar-refractivity contribution >= 4 is 39.1 Å². The first-order chi connectivity index (χ1) is 9.40. The minimum atomic E-state index is -1.07. The number of carboxylic acids is 1. The standard InChI is InChI=1S/C14H14BrN3O2/c1-7-5-9(6-8(2)11(7)15)18-13-12(16)10(14(19)20)3-4-17-13/h3-6H,16H2,1-2H3,(H,17,18)(H,19,20). The van der Waals surface area contributed by atoms with E-state index in [9.17, 15) is 4.79 Å². The van der Waals surface area contributed by atoms with E-state index in [4.69, 9.17) is 10.8 Å². The van der Waals surface area contributed by atoms with Crippen LogP contribution in [0.5, 0.6) is 0 Å². The molecule has 1 heterocycles. The molecule has 0 amide bonds. The molecule has 1 aromatic heterocycles. The highest BCUT2D eigenvalue weighted by atomic mass is 79.9. The van der Waals surface area contributed by atoms with Gasteiger partial charge in [0.1, 0.15) is 0 Å². The summed E-state index contributed by atoms with van der Waals surface area (Å²) in [6, 6.07) is 5.25. The van der Waals surface area contributed by atoms with Crippen LogP contribution in [0.2, 0.25) is 0 Å². The predicted octanol–water partition coefficient (Wildman–Crippen LogP) is 3.48. The van der Waals surface area contributed by atoms with Gasteiger partial charge in [-0.1, -0.05) is 15.9 Å². The van der Waals surface area contributed by atoms with Gasteiger partial charge in [0.05, 0.1) is 11.3 Å². The summed E-state index contributed by atoms with van der Waals surface area (Å²) in [4.78, 5) is 15.1. The molecule has 0 bridgehead atoms. The lowest BCUT2D eigenvalue weighted by molar-refractivity contribution is 0.0698. The van der Waals surface area contributed by atoms with Gasteiger partial charge in [-0.3, -0.25) is 0 Å². The van der Waals surface area contributed by atoms with Gasteiger partial charge in [-0.05, 0) is 43.2 Å². The second kappa shape index (κ2) is 5.50. The highest BCUT2D eigenvalue weighted by Gasteiger charge is 2.13. The van der Waals surface area contributed by atoms with Crippen molar-refractivity contribution in [3.63, 3.8) is 0 Å². The molecule has 0 saturated carbocycles. The fraction of sp³-hybridized carbons (Fsp3) is 0.143. The Morgan fingerprint density at radius 1 is 1.35 bits per heavy atom. The van der Waals surface area contributed by atoms with Gasteiger partial charge in [-0.25, -0.2) is 9.78 Å². The maximum absolute atomic E-state index is 11.0. The third-order valence-electron chi connectivity index (χ3n) is 2.92. The molecule has 0 aliphatic rings. The van der Waals surface area contributed by atoms with Gasteiger partial charge in [0.15, 0.2) is 5.82 Å². The number of aromatic nitrogens is 1. The van der Waals surface area contributed by atoms with Crippen molar-refractivity contribution in [2.75, 3.05) is 11.1 Å². The molecule has 20 heavy (non-hydrogen) atoms. The summed E-state index contributed by atoms with van der Waals surface area (Å²) in [7, 11) is 0. The molecule has 0 fully saturated rings.